The van der Waals surface area contributed by atoms with Crippen molar-refractivity contribution in [1.29, 1.82) is 0 Å². The summed E-state index contributed by atoms with van der Waals surface area (Å²) in [6.07, 6.45) is 0.886. The molecule has 0 radical (unpaired) electrons. The second-order valence-electron chi connectivity index (χ2n) is 6.83. The first kappa shape index (κ1) is 13.7. The summed E-state index contributed by atoms with van der Waals surface area (Å²) in [4.78, 5) is 21.0. The van der Waals surface area contributed by atoms with Crippen LogP contribution in [0.4, 0.5) is 5.69 Å². The van der Waals surface area contributed by atoms with Gasteiger partial charge in [-0.15, -0.1) is 0 Å². The van der Waals surface area contributed by atoms with Crippen LogP contribution in [0.3, 0.4) is 0 Å². The zero-order chi connectivity index (χ0) is 16.5. The largest absolute Gasteiger partial charge is 0.355 e. The van der Waals surface area contributed by atoms with Crippen LogP contribution in [0.1, 0.15) is 28.5 Å². The summed E-state index contributed by atoms with van der Waals surface area (Å²) < 4.78 is 0. The molecule has 1 amide bonds. The van der Waals surface area contributed by atoms with Gasteiger partial charge in [-0.3, -0.25) is 4.79 Å². The van der Waals surface area contributed by atoms with Gasteiger partial charge in [0.25, 0.3) is 5.91 Å². The Bertz CT molecular complexity index is 989. The van der Waals surface area contributed by atoms with Gasteiger partial charge in [0.15, 0.2) is 5.66 Å². The van der Waals surface area contributed by atoms with Gasteiger partial charge in [0.2, 0.25) is 0 Å². The number of hydrogen-bond acceptors (Lipinski definition) is 2. The molecule has 2 aliphatic heterocycles. The monoisotopic (exact) mass is 317 g/mol. The lowest BCUT2D eigenvalue weighted by Gasteiger charge is -2.54. The van der Waals surface area contributed by atoms with Crippen molar-refractivity contribution in [3.63, 3.8) is 0 Å². The Morgan fingerprint density at radius 3 is 2.71 bits per heavy atom. The van der Waals surface area contributed by atoms with Crippen LogP contribution < -0.4 is 4.90 Å². The third-order valence-corrected chi connectivity index (χ3v) is 5.79. The number of anilines is 1. The number of nitrogens with one attached hydrogen (secondary N) is 1. The highest BCUT2D eigenvalue weighted by Gasteiger charge is 2.50. The molecule has 0 fully saturated rings. The SMILES string of the molecule is CN1c2ccccc2C(=O)N2CCc3c([nH]c4ccccc34)[C@]21C. The molecule has 0 saturated carbocycles. The molecule has 0 saturated heterocycles. The molecule has 5 rings (SSSR count). The Morgan fingerprint density at radius 2 is 1.83 bits per heavy atom. The van der Waals surface area contributed by atoms with Gasteiger partial charge < -0.3 is 14.8 Å². The fourth-order valence-electron chi connectivity index (χ4n) is 4.42. The van der Waals surface area contributed by atoms with Crippen molar-refractivity contribution in [1.82, 2.24) is 9.88 Å². The molecule has 3 aromatic rings. The minimum Gasteiger partial charge on any atom is -0.355 e. The Morgan fingerprint density at radius 1 is 1.08 bits per heavy atom. The van der Waals surface area contributed by atoms with Gasteiger partial charge in [0, 0.05) is 24.5 Å². The summed E-state index contributed by atoms with van der Waals surface area (Å²) >= 11 is 0. The zero-order valence-electron chi connectivity index (χ0n) is 13.8. The van der Waals surface area contributed by atoms with E-state index in [0.717, 1.165) is 35.4 Å². The molecule has 0 aliphatic carbocycles. The number of para-hydroxylation sites is 2. The molecule has 0 unspecified atom stereocenters. The van der Waals surface area contributed by atoms with Crippen molar-refractivity contribution in [2.75, 3.05) is 18.5 Å². The van der Waals surface area contributed by atoms with E-state index in [4.69, 9.17) is 0 Å². The molecule has 2 aromatic carbocycles. The lowest BCUT2D eigenvalue weighted by molar-refractivity contribution is 0.0421. The number of amides is 1. The first-order chi connectivity index (χ1) is 11.6. The highest BCUT2D eigenvalue weighted by atomic mass is 16.2. The van der Waals surface area contributed by atoms with E-state index < -0.39 is 5.66 Å². The van der Waals surface area contributed by atoms with Gasteiger partial charge in [-0.25, -0.2) is 0 Å². The van der Waals surface area contributed by atoms with Gasteiger partial charge in [-0.05, 0) is 37.1 Å². The number of benzene rings is 2. The van der Waals surface area contributed by atoms with Gasteiger partial charge in [0.1, 0.15) is 0 Å². The van der Waals surface area contributed by atoms with Crippen LogP contribution >= 0.6 is 0 Å². The highest BCUT2D eigenvalue weighted by molar-refractivity contribution is 6.03. The standard InChI is InChI=1S/C20H19N3O/c1-20-18-14(13-7-3-5-9-16(13)21-18)11-12-23(20)19(24)15-8-4-6-10-17(15)22(20)2/h3-10,21H,11-12H2,1-2H3/t20-/m0/s1. The second-order valence-corrected chi connectivity index (χ2v) is 6.83. The topological polar surface area (TPSA) is 39.3 Å². The number of aromatic amines is 1. The van der Waals surface area contributed by atoms with Gasteiger partial charge in [-0.2, -0.15) is 0 Å². The maximum atomic E-state index is 13.1. The molecule has 2 aliphatic rings. The Labute approximate surface area is 140 Å². The molecular formula is C20H19N3O. The molecule has 4 nitrogen and oxygen atoms in total. The van der Waals surface area contributed by atoms with E-state index in [1.54, 1.807) is 0 Å². The summed E-state index contributed by atoms with van der Waals surface area (Å²) in [5.41, 5.74) is 4.91. The van der Waals surface area contributed by atoms with Crippen molar-refractivity contribution in [2.45, 2.75) is 19.0 Å². The van der Waals surface area contributed by atoms with E-state index >= 15 is 0 Å². The summed E-state index contributed by atoms with van der Waals surface area (Å²) in [5, 5.41) is 1.27. The smallest absolute Gasteiger partial charge is 0.258 e. The van der Waals surface area contributed by atoms with E-state index in [9.17, 15) is 4.79 Å². The molecule has 0 spiro atoms. The lowest BCUT2D eigenvalue weighted by Crippen LogP contribution is -2.63. The molecule has 120 valence electrons. The summed E-state index contributed by atoms with van der Waals surface area (Å²) in [6.45, 7) is 2.89. The van der Waals surface area contributed by atoms with Crippen LogP contribution in [0.5, 0.6) is 0 Å². The Kier molecular flexibility index (Phi) is 2.51. The van der Waals surface area contributed by atoms with Crippen LogP contribution in [0.25, 0.3) is 10.9 Å². The molecule has 4 heteroatoms. The van der Waals surface area contributed by atoms with Crippen LogP contribution in [0.2, 0.25) is 0 Å². The van der Waals surface area contributed by atoms with Crippen molar-refractivity contribution < 1.29 is 4.79 Å². The maximum absolute atomic E-state index is 13.1. The molecule has 0 bridgehead atoms. The normalized spacial score (nSPS) is 22.3. The molecule has 24 heavy (non-hydrogen) atoms. The molecule has 1 N–H and O–H groups in total. The number of rotatable bonds is 0. The number of fused-ring (bicyclic) bond motifs is 6. The lowest BCUT2D eigenvalue weighted by atomic mass is 9.88. The van der Waals surface area contributed by atoms with E-state index in [1.165, 1.54) is 10.9 Å². The Balaban J connectivity index is 1.81. The summed E-state index contributed by atoms with van der Waals surface area (Å²) in [7, 11) is 2.08. The van der Waals surface area contributed by atoms with Crippen LogP contribution in [-0.2, 0) is 12.1 Å². The van der Waals surface area contributed by atoms with E-state index in [2.05, 4.69) is 48.1 Å². The molecule has 1 aromatic heterocycles. The molecule has 3 heterocycles. The first-order valence-electron chi connectivity index (χ1n) is 8.37. The number of H-pyrrole nitrogens is 1. The molecule has 1 atom stereocenters. The van der Waals surface area contributed by atoms with Crippen LogP contribution in [0, 0.1) is 0 Å². The number of aromatic nitrogens is 1. The van der Waals surface area contributed by atoms with Crippen molar-refractivity contribution in [3.8, 4) is 0 Å². The predicted molar refractivity (Wildman–Crippen MR) is 95.2 cm³/mol. The van der Waals surface area contributed by atoms with E-state index in [0.29, 0.717) is 0 Å². The zero-order valence-corrected chi connectivity index (χ0v) is 13.8. The van der Waals surface area contributed by atoms with Crippen LogP contribution in [0.15, 0.2) is 48.5 Å². The Hall–Kier alpha value is -2.75. The highest BCUT2D eigenvalue weighted by Crippen LogP contribution is 2.46. The van der Waals surface area contributed by atoms with Crippen LogP contribution in [-0.4, -0.2) is 29.4 Å². The summed E-state index contributed by atoms with van der Waals surface area (Å²) in [5.74, 6) is 0.121. The third-order valence-electron chi connectivity index (χ3n) is 5.79. The van der Waals surface area contributed by atoms with Crippen molar-refractivity contribution in [3.05, 3.63) is 65.4 Å². The predicted octanol–water partition coefficient (Wildman–Crippen LogP) is 3.49. The van der Waals surface area contributed by atoms with E-state index in [1.807, 2.05) is 29.2 Å². The van der Waals surface area contributed by atoms with E-state index in [-0.39, 0.29) is 5.91 Å². The number of nitrogens with zero attached hydrogens (tertiary/aromatic N) is 2. The minimum absolute atomic E-state index is 0.121. The minimum atomic E-state index is -0.488. The number of hydrogen-bond donors (Lipinski definition) is 1. The maximum Gasteiger partial charge on any atom is 0.258 e. The third kappa shape index (κ3) is 1.46. The quantitative estimate of drug-likeness (QED) is 0.689. The molecular weight excluding hydrogens is 298 g/mol. The summed E-state index contributed by atoms with van der Waals surface area (Å²) in [6, 6.07) is 16.3. The number of carbonyl (C=O) groups excluding carboxylic acids is 1. The fraction of sp³-hybridized carbons (Fsp3) is 0.250. The average Bonchev–Trinajstić information content (AvgIpc) is 3.00. The first-order valence-corrected chi connectivity index (χ1v) is 8.37. The van der Waals surface area contributed by atoms with Gasteiger partial charge in [-0.1, -0.05) is 30.3 Å². The van der Waals surface area contributed by atoms with Crippen molar-refractivity contribution in [2.24, 2.45) is 0 Å². The fourth-order valence-corrected chi connectivity index (χ4v) is 4.42. The second kappa shape index (κ2) is 4.41. The average molecular weight is 317 g/mol. The van der Waals surface area contributed by atoms with Gasteiger partial charge >= 0.3 is 0 Å². The number of carbonyl (C=O) groups is 1. The van der Waals surface area contributed by atoms with Crippen molar-refractivity contribution >= 4 is 22.5 Å². The van der Waals surface area contributed by atoms with Gasteiger partial charge in [0.05, 0.1) is 16.9 Å².